The van der Waals surface area contributed by atoms with Gasteiger partial charge in [0.25, 0.3) is 0 Å². The average Bonchev–Trinajstić information content (AvgIpc) is 3.08. The van der Waals surface area contributed by atoms with Gasteiger partial charge in [-0.15, -0.1) is 0 Å². The number of aliphatic hydroxyl groups excluding tert-OH is 4. The van der Waals surface area contributed by atoms with Gasteiger partial charge in [-0.3, -0.25) is 14.6 Å². The first-order valence-electron chi connectivity index (χ1n) is 18.0. The highest BCUT2D eigenvalue weighted by atomic mass is 16.7. The highest BCUT2D eigenvalue weighted by Gasteiger charge is 2.63. The second-order valence-corrected chi connectivity index (χ2v) is 15.2. The molecule has 5 aliphatic rings. The van der Waals surface area contributed by atoms with Crippen molar-refractivity contribution in [2.75, 3.05) is 33.9 Å². The van der Waals surface area contributed by atoms with E-state index in [9.17, 15) is 35.1 Å². The Balaban J connectivity index is 1.38. The number of ketones is 2. The lowest BCUT2D eigenvalue weighted by atomic mass is 9.51. The second kappa shape index (κ2) is 15.8. The first kappa shape index (κ1) is 38.4. The zero-order valence-corrected chi connectivity index (χ0v) is 29.2. The van der Waals surface area contributed by atoms with E-state index in [0.29, 0.717) is 25.7 Å². The Morgan fingerprint density at radius 1 is 1.08 bits per heavy atom. The second-order valence-electron chi connectivity index (χ2n) is 15.2. The third-order valence-corrected chi connectivity index (χ3v) is 12.6. The van der Waals surface area contributed by atoms with Crippen LogP contribution in [0.5, 0.6) is 0 Å². The van der Waals surface area contributed by atoms with E-state index in [-0.39, 0.29) is 66.7 Å². The Morgan fingerprint density at radius 3 is 2.45 bits per heavy atom. The van der Waals surface area contributed by atoms with Crippen molar-refractivity contribution in [1.29, 1.82) is 0 Å². The Kier molecular flexibility index (Phi) is 12.4. The largest absolute Gasteiger partial charge is 0.394 e. The number of aliphatic imine (C=N–C) groups is 1. The predicted molar refractivity (Wildman–Crippen MR) is 178 cm³/mol. The summed E-state index contributed by atoms with van der Waals surface area (Å²) in [5, 5.41) is 62.4. The number of nitrogens with zero attached hydrogens (tertiary/aromatic N) is 1. The fraction of sp³-hybridized carbons (Fsp3) is 0.912. The molecule has 0 aromatic heterocycles. The van der Waals surface area contributed by atoms with Crippen LogP contribution >= 0.6 is 0 Å². The molecule has 0 spiro atoms. The van der Waals surface area contributed by atoms with E-state index in [2.05, 4.69) is 15.6 Å². The molecular weight excluding hydrogens is 638 g/mol. The minimum atomic E-state index is -1.97. The zero-order chi connectivity index (χ0) is 35.8. The molecule has 17 atom stereocenters. The SMILES string of the molecule is CCC1C(OC)CC(OC2OC(CO)C(O)(CCC3CCNC(N)C3)C(O)C2O)C2C(=O)C3C(CC(C)C(CNC(N)=NC)C3O)C(=O)C12. The van der Waals surface area contributed by atoms with Crippen LogP contribution in [0, 0.1) is 47.3 Å². The molecule has 11 N–H and O–H groups in total. The average molecular weight is 698 g/mol. The van der Waals surface area contributed by atoms with Crippen LogP contribution < -0.4 is 22.1 Å². The smallest absolute Gasteiger partial charge is 0.188 e. The van der Waals surface area contributed by atoms with E-state index in [0.717, 1.165) is 13.0 Å². The molecule has 0 aromatic carbocycles. The quantitative estimate of drug-likeness (QED) is 0.0905. The normalized spacial score (nSPS) is 47.8. The summed E-state index contributed by atoms with van der Waals surface area (Å²) in [6.45, 7) is 4.27. The van der Waals surface area contributed by atoms with Crippen LogP contribution in [-0.2, 0) is 23.8 Å². The van der Waals surface area contributed by atoms with Crippen molar-refractivity contribution in [3.05, 3.63) is 0 Å². The van der Waals surface area contributed by atoms with Gasteiger partial charge >= 0.3 is 0 Å². The van der Waals surface area contributed by atoms with E-state index in [1.54, 1.807) is 14.2 Å². The molecule has 2 aliphatic heterocycles. The maximum atomic E-state index is 14.6. The van der Waals surface area contributed by atoms with Crippen molar-refractivity contribution in [1.82, 2.24) is 10.6 Å². The van der Waals surface area contributed by atoms with Crippen LogP contribution in [0.1, 0.15) is 58.8 Å². The van der Waals surface area contributed by atoms with Crippen molar-refractivity contribution >= 4 is 17.5 Å². The van der Waals surface area contributed by atoms with E-state index >= 15 is 0 Å². The van der Waals surface area contributed by atoms with E-state index in [4.69, 9.17) is 25.7 Å². The van der Waals surface area contributed by atoms with Gasteiger partial charge in [0.15, 0.2) is 12.2 Å². The summed E-state index contributed by atoms with van der Waals surface area (Å²) in [4.78, 5) is 32.9. The van der Waals surface area contributed by atoms with Gasteiger partial charge in [0.2, 0.25) is 0 Å². The number of fused-ring (bicyclic) bond motifs is 2. The Hall–Kier alpha value is -1.79. The number of piperidine rings is 1. The van der Waals surface area contributed by atoms with Crippen LogP contribution in [-0.4, -0.2) is 132 Å². The predicted octanol–water partition coefficient (Wildman–Crippen LogP) is -1.78. The number of methoxy groups -OCH3 is 1. The van der Waals surface area contributed by atoms with Crippen molar-refractivity contribution < 1.29 is 49.3 Å². The van der Waals surface area contributed by atoms with Gasteiger partial charge in [-0.2, -0.15) is 0 Å². The lowest BCUT2D eigenvalue weighted by molar-refractivity contribution is -0.347. The Bertz CT molecular complexity index is 1190. The van der Waals surface area contributed by atoms with Crippen LogP contribution in [0.15, 0.2) is 4.99 Å². The number of aliphatic hydroxyl groups is 5. The zero-order valence-electron chi connectivity index (χ0n) is 29.2. The van der Waals surface area contributed by atoms with Gasteiger partial charge in [-0.25, -0.2) is 0 Å². The standard InChI is InChI=1S/C34H59N5O10/c1-5-17-20(47-4)12-21(26-24(17)27(41)18-10-15(2)19(13-39-33(36)37-3)28(42)25(18)29(26)43)48-32-30(44)31(45)34(46,22(14-40)49-32)8-6-16-7-9-38-23(35)11-16/h15-26,28,30-32,38,40,42,44-46H,5-14,35H2,1-4H3,(H3,36,37,39). The molecule has 3 aliphatic carbocycles. The van der Waals surface area contributed by atoms with Gasteiger partial charge in [0, 0.05) is 44.9 Å². The van der Waals surface area contributed by atoms with Crippen LogP contribution in [0.2, 0.25) is 0 Å². The molecule has 2 heterocycles. The highest BCUT2D eigenvalue weighted by Crippen LogP contribution is 2.53. The minimum absolute atomic E-state index is 0.0523. The molecule has 0 aromatic rings. The fourth-order valence-corrected chi connectivity index (χ4v) is 9.79. The molecule has 280 valence electrons. The number of hydrogen-bond donors (Lipinski definition) is 9. The van der Waals surface area contributed by atoms with Crippen molar-refractivity contribution in [2.45, 2.75) is 113 Å². The summed E-state index contributed by atoms with van der Waals surface area (Å²) in [5.41, 5.74) is 9.92. The summed E-state index contributed by atoms with van der Waals surface area (Å²) in [5.74, 6) is -4.05. The summed E-state index contributed by atoms with van der Waals surface area (Å²) in [7, 11) is 3.09. The van der Waals surface area contributed by atoms with Crippen molar-refractivity contribution in [3.8, 4) is 0 Å². The molecule has 15 heteroatoms. The Morgan fingerprint density at radius 2 is 1.82 bits per heavy atom. The number of nitrogens with one attached hydrogen (secondary N) is 2. The number of guanidine groups is 1. The monoisotopic (exact) mass is 697 g/mol. The van der Waals surface area contributed by atoms with Gasteiger partial charge in [-0.1, -0.05) is 20.3 Å². The summed E-state index contributed by atoms with van der Waals surface area (Å²) in [6.07, 6.45) is -5.71. The molecule has 0 amide bonds. The molecular formula is C34H59N5O10. The van der Waals surface area contributed by atoms with Crippen molar-refractivity contribution in [2.24, 2.45) is 63.8 Å². The molecule has 5 fully saturated rings. The van der Waals surface area contributed by atoms with Gasteiger partial charge in [-0.05, 0) is 56.4 Å². The highest BCUT2D eigenvalue weighted by molar-refractivity contribution is 6.00. The maximum absolute atomic E-state index is 14.6. The number of rotatable bonds is 10. The van der Waals surface area contributed by atoms with Crippen LogP contribution in [0.3, 0.4) is 0 Å². The van der Waals surface area contributed by atoms with E-state index in [1.165, 1.54) is 0 Å². The number of carbonyl (C=O) groups is 2. The lowest BCUT2D eigenvalue weighted by Gasteiger charge is -2.55. The maximum Gasteiger partial charge on any atom is 0.188 e. The minimum Gasteiger partial charge on any atom is -0.394 e. The van der Waals surface area contributed by atoms with E-state index < -0.39 is 78.8 Å². The molecule has 2 saturated heterocycles. The van der Waals surface area contributed by atoms with Crippen LogP contribution in [0.25, 0.3) is 0 Å². The number of Topliss-reactive ketones (excluding diaryl/α,β-unsaturated/α-hetero) is 2. The number of carbonyl (C=O) groups excluding carboxylic acids is 2. The van der Waals surface area contributed by atoms with Crippen LogP contribution in [0.4, 0.5) is 0 Å². The van der Waals surface area contributed by atoms with Gasteiger partial charge < -0.3 is 61.8 Å². The van der Waals surface area contributed by atoms with Crippen molar-refractivity contribution in [3.63, 3.8) is 0 Å². The van der Waals surface area contributed by atoms with E-state index in [1.807, 2.05) is 13.8 Å². The number of nitrogens with two attached hydrogens (primary N) is 2. The molecule has 3 saturated carbocycles. The first-order chi connectivity index (χ1) is 23.3. The van der Waals surface area contributed by atoms with Gasteiger partial charge in [0.1, 0.15) is 35.5 Å². The summed E-state index contributed by atoms with van der Waals surface area (Å²) >= 11 is 0. The molecule has 15 nitrogen and oxygen atoms in total. The third kappa shape index (κ3) is 7.30. The lowest BCUT2D eigenvalue weighted by Crippen LogP contribution is -2.69. The molecule has 0 radical (unpaired) electrons. The topological polar surface area (TPSA) is 251 Å². The summed E-state index contributed by atoms with van der Waals surface area (Å²) < 4.78 is 18.2. The fourth-order valence-electron chi connectivity index (χ4n) is 9.79. The van der Waals surface area contributed by atoms with Gasteiger partial charge in [0.05, 0.1) is 42.9 Å². The first-order valence-corrected chi connectivity index (χ1v) is 18.0. The molecule has 0 bridgehead atoms. The molecule has 17 unspecified atom stereocenters. The third-order valence-electron chi connectivity index (χ3n) is 12.6. The molecule has 5 rings (SSSR count). The number of ether oxygens (including phenoxy) is 3. The Labute approximate surface area is 288 Å². The summed E-state index contributed by atoms with van der Waals surface area (Å²) in [6, 6.07) is 0. The number of hydrogen-bond acceptors (Lipinski definition) is 13. The molecule has 49 heavy (non-hydrogen) atoms.